The number of anilines is 1. The maximum atomic E-state index is 11.4. The molecule has 0 radical (unpaired) electrons. The molecule has 0 amide bonds. The lowest BCUT2D eigenvalue weighted by Crippen LogP contribution is -3.00. The average Bonchev–Trinajstić information content (AvgIpc) is 2.63. The highest BCUT2D eigenvalue weighted by Crippen LogP contribution is 2.19. The number of aromatic nitrogens is 1. The number of hydrogen-bond donors (Lipinski definition) is 1. The highest BCUT2D eigenvalue weighted by Gasteiger charge is 2.26. The molecule has 2 aromatic rings. The zero-order valence-corrected chi connectivity index (χ0v) is 14.6. The standard InChI is InChI=1S/C14H16BrN2OS.ClH/c1-9-10(2)19-11(3)17(9)14(8-18)16-13-6-4-12(15)5-7-13;/h4-8,14,16H,1-3H3;1H/q+1;/p-1. The van der Waals surface area contributed by atoms with E-state index in [9.17, 15) is 4.79 Å². The normalized spacial score (nSPS) is 11.6. The molecule has 0 aliphatic heterocycles. The van der Waals surface area contributed by atoms with Crippen LogP contribution in [0, 0.1) is 20.8 Å². The van der Waals surface area contributed by atoms with E-state index in [2.05, 4.69) is 28.2 Å². The van der Waals surface area contributed by atoms with Crippen LogP contribution >= 0.6 is 27.3 Å². The lowest BCUT2D eigenvalue weighted by Gasteiger charge is -2.10. The van der Waals surface area contributed by atoms with Crippen molar-refractivity contribution >= 4 is 39.2 Å². The summed E-state index contributed by atoms with van der Waals surface area (Å²) in [6.07, 6.45) is 0.569. The van der Waals surface area contributed by atoms with Gasteiger partial charge in [-0.2, -0.15) is 4.57 Å². The van der Waals surface area contributed by atoms with Crippen molar-refractivity contribution < 1.29 is 21.8 Å². The number of aryl methyl sites for hydroxylation is 2. The van der Waals surface area contributed by atoms with Gasteiger partial charge in [0.1, 0.15) is 0 Å². The number of rotatable bonds is 4. The number of nitrogens with one attached hydrogen (secondary N) is 1. The van der Waals surface area contributed by atoms with Crippen LogP contribution in [0.3, 0.4) is 0 Å². The third kappa shape index (κ3) is 3.59. The summed E-state index contributed by atoms with van der Waals surface area (Å²) in [5.41, 5.74) is 2.06. The molecule has 0 bridgehead atoms. The Bertz CT molecular complexity index is 598. The van der Waals surface area contributed by atoms with Gasteiger partial charge in [-0.3, -0.25) is 4.79 Å². The first kappa shape index (κ1) is 17.1. The molecule has 0 saturated heterocycles. The molecule has 0 saturated carbocycles. The number of thiazole rings is 1. The molecule has 1 aromatic heterocycles. The van der Waals surface area contributed by atoms with E-state index in [1.807, 2.05) is 42.7 Å². The van der Waals surface area contributed by atoms with E-state index >= 15 is 0 Å². The molecule has 0 aliphatic carbocycles. The van der Waals surface area contributed by atoms with E-state index in [0.29, 0.717) is 0 Å². The second-order valence-electron chi connectivity index (χ2n) is 4.36. The first-order chi connectivity index (χ1) is 9.02. The largest absolute Gasteiger partial charge is 1.00 e. The number of aldehydes is 1. The topological polar surface area (TPSA) is 33.0 Å². The maximum Gasteiger partial charge on any atom is 0.289 e. The van der Waals surface area contributed by atoms with Crippen molar-refractivity contribution in [3.05, 3.63) is 44.3 Å². The van der Waals surface area contributed by atoms with E-state index in [4.69, 9.17) is 0 Å². The third-order valence-electron chi connectivity index (χ3n) is 3.08. The molecule has 108 valence electrons. The summed E-state index contributed by atoms with van der Waals surface area (Å²) in [5, 5.41) is 4.37. The van der Waals surface area contributed by atoms with Gasteiger partial charge in [0.2, 0.25) is 11.3 Å². The van der Waals surface area contributed by atoms with Crippen LogP contribution in [0.5, 0.6) is 0 Å². The van der Waals surface area contributed by atoms with E-state index in [-0.39, 0.29) is 18.6 Å². The summed E-state index contributed by atoms with van der Waals surface area (Å²) in [7, 11) is 0. The van der Waals surface area contributed by atoms with Crippen molar-refractivity contribution in [1.29, 1.82) is 0 Å². The zero-order chi connectivity index (χ0) is 14.0. The summed E-state index contributed by atoms with van der Waals surface area (Å²) < 4.78 is 3.06. The summed E-state index contributed by atoms with van der Waals surface area (Å²) in [6, 6.07) is 7.80. The van der Waals surface area contributed by atoms with Gasteiger partial charge in [-0.05, 0) is 31.2 Å². The minimum atomic E-state index is -0.369. The van der Waals surface area contributed by atoms with Gasteiger partial charge in [-0.25, -0.2) is 0 Å². The second-order valence-corrected chi connectivity index (χ2v) is 6.69. The first-order valence-electron chi connectivity index (χ1n) is 5.98. The number of nitrogens with zero attached hydrogens (tertiary/aromatic N) is 1. The van der Waals surface area contributed by atoms with Gasteiger partial charge in [-0.1, -0.05) is 27.3 Å². The molecule has 6 heteroatoms. The molecular weight excluding hydrogens is 360 g/mol. The number of hydrogen-bond acceptors (Lipinski definition) is 3. The van der Waals surface area contributed by atoms with Gasteiger partial charge in [0.15, 0.2) is 5.69 Å². The third-order valence-corrected chi connectivity index (χ3v) is 4.70. The van der Waals surface area contributed by atoms with Crippen LogP contribution in [0.2, 0.25) is 0 Å². The van der Waals surface area contributed by atoms with Gasteiger partial charge in [-0.15, -0.1) is 0 Å². The Kier molecular flexibility index (Phi) is 6.17. The molecule has 0 aliphatic rings. The summed E-state index contributed by atoms with van der Waals surface area (Å²) >= 11 is 5.11. The highest BCUT2D eigenvalue weighted by molar-refractivity contribution is 9.10. The van der Waals surface area contributed by atoms with Crippen LogP contribution in [0.15, 0.2) is 28.7 Å². The summed E-state index contributed by atoms with van der Waals surface area (Å²) in [4.78, 5) is 12.6. The molecule has 1 N–H and O–H groups in total. The Morgan fingerprint density at radius 3 is 2.30 bits per heavy atom. The van der Waals surface area contributed by atoms with Crippen molar-refractivity contribution in [2.24, 2.45) is 0 Å². The summed E-state index contributed by atoms with van der Waals surface area (Å²) in [6.45, 7) is 6.15. The second kappa shape index (κ2) is 7.20. The van der Waals surface area contributed by atoms with Crippen molar-refractivity contribution in [2.75, 3.05) is 5.32 Å². The Balaban J connectivity index is 0.00000200. The van der Waals surface area contributed by atoms with Crippen molar-refractivity contribution in [1.82, 2.24) is 0 Å². The fourth-order valence-corrected chi connectivity index (χ4v) is 3.33. The van der Waals surface area contributed by atoms with Gasteiger partial charge in [0.25, 0.3) is 6.17 Å². The smallest absolute Gasteiger partial charge is 0.289 e. The first-order valence-corrected chi connectivity index (χ1v) is 7.59. The van der Waals surface area contributed by atoms with E-state index in [1.165, 1.54) is 4.88 Å². The quantitative estimate of drug-likeness (QED) is 0.625. The molecule has 0 fully saturated rings. The van der Waals surface area contributed by atoms with Gasteiger partial charge < -0.3 is 17.7 Å². The molecular formula is C14H16BrClN2OS. The predicted octanol–water partition coefficient (Wildman–Crippen LogP) is 0.537. The van der Waals surface area contributed by atoms with Gasteiger partial charge in [0, 0.05) is 24.0 Å². The van der Waals surface area contributed by atoms with Crippen molar-refractivity contribution in [3.8, 4) is 0 Å². The minimum absolute atomic E-state index is 0. The van der Waals surface area contributed by atoms with E-state index < -0.39 is 0 Å². The minimum Gasteiger partial charge on any atom is -1.00 e. The Labute approximate surface area is 137 Å². The van der Waals surface area contributed by atoms with Crippen LogP contribution in [0.1, 0.15) is 21.7 Å². The molecule has 2 rings (SSSR count). The van der Waals surface area contributed by atoms with Gasteiger partial charge in [0.05, 0.1) is 4.88 Å². The van der Waals surface area contributed by atoms with Crippen LogP contribution < -0.4 is 22.3 Å². The van der Waals surface area contributed by atoms with Crippen LogP contribution in [0.25, 0.3) is 0 Å². The maximum absolute atomic E-state index is 11.4. The molecule has 1 aromatic carbocycles. The number of halogens is 2. The van der Waals surface area contributed by atoms with Crippen molar-refractivity contribution in [2.45, 2.75) is 26.9 Å². The molecule has 1 heterocycles. The average molecular weight is 376 g/mol. The SMILES string of the molecule is Cc1sc(C)[n+](C(C=O)Nc2ccc(Br)cc2)c1C.[Cl-]. The summed E-state index contributed by atoms with van der Waals surface area (Å²) in [5.74, 6) is 0. The lowest BCUT2D eigenvalue weighted by atomic mass is 10.3. The fourth-order valence-electron chi connectivity index (χ4n) is 2.03. The Hall–Kier alpha value is -0.910. The highest BCUT2D eigenvalue weighted by atomic mass is 79.9. The predicted molar refractivity (Wildman–Crippen MR) is 81.6 cm³/mol. The van der Waals surface area contributed by atoms with E-state index in [0.717, 1.165) is 27.1 Å². The van der Waals surface area contributed by atoms with Crippen molar-refractivity contribution in [3.63, 3.8) is 0 Å². The number of carbonyl (C=O) groups excluding carboxylic acids is 1. The Morgan fingerprint density at radius 2 is 1.85 bits per heavy atom. The molecule has 3 nitrogen and oxygen atoms in total. The fraction of sp³-hybridized carbons (Fsp3) is 0.286. The Morgan fingerprint density at radius 1 is 1.25 bits per heavy atom. The van der Waals surface area contributed by atoms with Gasteiger partial charge >= 0.3 is 0 Å². The van der Waals surface area contributed by atoms with Crippen LogP contribution in [0.4, 0.5) is 5.69 Å². The molecule has 1 atom stereocenters. The lowest BCUT2D eigenvalue weighted by molar-refractivity contribution is -0.708. The number of benzene rings is 1. The monoisotopic (exact) mass is 374 g/mol. The zero-order valence-electron chi connectivity index (χ0n) is 11.5. The number of carbonyl (C=O) groups is 1. The van der Waals surface area contributed by atoms with Crippen LogP contribution in [-0.4, -0.2) is 6.29 Å². The molecule has 1 unspecified atom stereocenters. The molecule has 20 heavy (non-hydrogen) atoms. The van der Waals surface area contributed by atoms with Crippen LogP contribution in [-0.2, 0) is 4.79 Å². The van der Waals surface area contributed by atoms with E-state index in [1.54, 1.807) is 11.3 Å². The molecule has 0 spiro atoms.